The van der Waals surface area contributed by atoms with Gasteiger partial charge in [0, 0.05) is 24.7 Å². The van der Waals surface area contributed by atoms with Gasteiger partial charge in [-0.3, -0.25) is 4.79 Å². The van der Waals surface area contributed by atoms with E-state index in [9.17, 15) is 9.90 Å². The van der Waals surface area contributed by atoms with Crippen LogP contribution in [0.15, 0.2) is 18.2 Å². The summed E-state index contributed by atoms with van der Waals surface area (Å²) >= 11 is 0. The summed E-state index contributed by atoms with van der Waals surface area (Å²) in [6.45, 7) is 5.02. The molecule has 1 aliphatic heterocycles. The van der Waals surface area contributed by atoms with Gasteiger partial charge in [-0.2, -0.15) is 0 Å². The summed E-state index contributed by atoms with van der Waals surface area (Å²) in [6, 6.07) is 4.86. The smallest absolute Gasteiger partial charge is 0.258 e. The van der Waals surface area contributed by atoms with Gasteiger partial charge < -0.3 is 25.8 Å². The van der Waals surface area contributed by atoms with Crippen LogP contribution in [0.3, 0.4) is 0 Å². The van der Waals surface area contributed by atoms with Crippen molar-refractivity contribution in [1.29, 1.82) is 0 Å². The van der Waals surface area contributed by atoms with Crippen LogP contribution in [0.4, 0.5) is 5.69 Å². The Morgan fingerprint density at radius 3 is 2.91 bits per heavy atom. The van der Waals surface area contributed by atoms with E-state index >= 15 is 0 Å². The van der Waals surface area contributed by atoms with E-state index in [0.29, 0.717) is 30.1 Å². The number of anilines is 1. The number of nitrogens with one attached hydrogen (secondary N) is 1. The quantitative estimate of drug-likeness (QED) is 0.713. The Hall–Kier alpha value is -1.79. The number of nitrogen functional groups attached to an aromatic ring is 1. The van der Waals surface area contributed by atoms with Gasteiger partial charge >= 0.3 is 0 Å². The Morgan fingerprint density at radius 2 is 2.27 bits per heavy atom. The lowest BCUT2D eigenvalue weighted by atomic mass is 9.99. The molecular formula is C16H25N3O3. The minimum Gasteiger partial charge on any atom is -0.488 e. The predicted molar refractivity (Wildman–Crippen MR) is 85.9 cm³/mol. The van der Waals surface area contributed by atoms with Crippen LogP contribution < -0.4 is 15.8 Å². The SMILES string of the molecule is CNC[C@@H]1Oc2ccc(N)cc2C(=O)N([C@H](C)CO)C[C@H]1C. The molecule has 1 aromatic carbocycles. The lowest BCUT2D eigenvalue weighted by molar-refractivity contribution is 0.0416. The maximum absolute atomic E-state index is 12.8. The summed E-state index contributed by atoms with van der Waals surface area (Å²) in [5, 5.41) is 12.6. The van der Waals surface area contributed by atoms with E-state index < -0.39 is 0 Å². The van der Waals surface area contributed by atoms with Crippen molar-refractivity contribution in [2.24, 2.45) is 5.92 Å². The molecule has 0 aliphatic carbocycles. The second-order valence-corrected chi connectivity index (χ2v) is 5.94. The Kier molecular flexibility index (Phi) is 5.26. The number of aliphatic hydroxyl groups excluding tert-OH is 1. The lowest BCUT2D eigenvalue weighted by Gasteiger charge is -2.37. The summed E-state index contributed by atoms with van der Waals surface area (Å²) < 4.78 is 6.05. The van der Waals surface area contributed by atoms with Crippen LogP contribution in [-0.2, 0) is 0 Å². The van der Waals surface area contributed by atoms with Gasteiger partial charge in [0.1, 0.15) is 11.9 Å². The molecular weight excluding hydrogens is 282 g/mol. The number of likely N-dealkylation sites (N-methyl/N-ethyl adjacent to an activating group) is 1. The minimum atomic E-state index is -0.252. The highest BCUT2D eigenvalue weighted by Crippen LogP contribution is 2.29. The van der Waals surface area contributed by atoms with Crippen LogP contribution in [0.25, 0.3) is 0 Å². The molecule has 6 nitrogen and oxygen atoms in total. The van der Waals surface area contributed by atoms with Crippen molar-refractivity contribution in [3.05, 3.63) is 23.8 Å². The topological polar surface area (TPSA) is 87.8 Å². The molecule has 0 unspecified atom stereocenters. The molecule has 0 radical (unpaired) electrons. The highest BCUT2D eigenvalue weighted by Gasteiger charge is 2.32. The van der Waals surface area contributed by atoms with Gasteiger partial charge in [0.15, 0.2) is 0 Å². The zero-order valence-corrected chi connectivity index (χ0v) is 13.4. The maximum atomic E-state index is 12.8. The van der Waals surface area contributed by atoms with Crippen LogP contribution in [0.2, 0.25) is 0 Å². The van der Waals surface area contributed by atoms with Crippen LogP contribution >= 0.6 is 0 Å². The van der Waals surface area contributed by atoms with Crippen molar-refractivity contribution >= 4 is 11.6 Å². The zero-order chi connectivity index (χ0) is 16.3. The van der Waals surface area contributed by atoms with Gasteiger partial charge in [-0.15, -0.1) is 0 Å². The Balaban J connectivity index is 2.45. The third-order valence-corrected chi connectivity index (χ3v) is 4.09. The fourth-order valence-electron chi connectivity index (χ4n) is 2.68. The molecule has 122 valence electrons. The molecule has 0 saturated heterocycles. The van der Waals surface area contributed by atoms with E-state index in [4.69, 9.17) is 10.5 Å². The number of ether oxygens (including phenoxy) is 1. The van der Waals surface area contributed by atoms with Gasteiger partial charge in [0.05, 0.1) is 18.2 Å². The first kappa shape index (κ1) is 16.6. The van der Waals surface area contributed by atoms with Crippen LogP contribution in [0.1, 0.15) is 24.2 Å². The second kappa shape index (κ2) is 6.98. The highest BCUT2D eigenvalue weighted by atomic mass is 16.5. The van der Waals surface area contributed by atoms with Gasteiger partial charge in [0.25, 0.3) is 5.91 Å². The number of fused-ring (bicyclic) bond motifs is 1. The van der Waals surface area contributed by atoms with Crippen LogP contribution in [0.5, 0.6) is 5.75 Å². The number of carbonyl (C=O) groups excluding carboxylic acids is 1. The molecule has 3 atom stereocenters. The highest BCUT2D eigenvalue weighted by molar-refractivity contribution is 5.98. The molecule has 0 fully saturated rings. The number of hydrogen-bond acceptors (Lipinski definition) is 5. The number of nitrogens with two attached hydrogens (primary N) is 1. The van der Waals surface area contributed by atoms with E-state index in [1.165, 1.54) is 0 Å². The van der Waals surface area contributed by atoms with Gasteiger partial charge in [-0.25, -0.2) is 0 Å². The molecule has 2 rings (SSSR count). The number of hydrogen-bond donors (Lipinski definition) is 3. The van der Waals surface area contributed by atoms with Crippen LogP contribution in [-0.4, -0.2) is 54.8 Å². The first-order chi connectivity index (χ1) is 10.5. The average molecular weight is 307 g/mol. The first-order valence-electron chi connectivity index (χ1n) is 7.60. The number of aliphatic hydroxyl groups is 1. The molecule has 1 aliphatic rings. The van der Waals surface area contributed by atoms with Crippen LogP contribution in [0, 0.1) is 5.92 Å². The Labute approximate surface area is 131 Å². The Morgan fingerprint density at radius 1 is 1.55 bits per heavy atom. The minimum absolute atomic E-state index is 0.0612. The predicted octanol–water partition coefficient (Wildman–Crippen LogP) is 0.708. The molecule has 6 heteroatoms. The molecule has 0 bridgehead atoms. The van der Waals surface area contributed by atoms with Crippen molar-refractivity contribution in [2.45, 2.75) is 26.0 Å². The normalized spacial score (nSPS) is 23.3. The third-order valence-electron chi connectivity index (χ3n) is 4.09. The zero-order valence-electron chi connectivity index (χ0n) is 13.4. The van der Waals surface area contributed by atoms with Gasteiger partial charge in [-0.1, -0.05) is 6.92 Å². The Bertz CT molecular complexity index is 535. The monoisotopic (exact) mass is 307 g/mol. The molecule has 0 aromatic heterocycles. The molecule has 1 heterocycles. The van der Waals surface area contributed by atoms with Crippen molar-refractivity contribution in [2.75, 3.05) is 32.5 Å². The van der Waals surface area contributed by atoms with E-state index in [2.05, 4.69) is 12.2 Å². The second-order valence-electron chi connectivity index (χ2n) is 5.94. The first-order valence-corrected chi connectivity index (χ1v) is 7.60. The van der Waals surface area contributed by atoms with Crippen molar-refractivity contribution in [1.82, 2.24) is 10.2 Å². The number of carbonyl (C=O) groups is 1. The van der Waals surface area contributed by atoms with Crippen molar-refractivity contribution in [3.8, 4) is 5.75 Å². The van der Waals surface area contributed by atoms with E-state index in [0.717, 1.165) is 0 Å². The lowest BCUT2D eigenvalue weighted by Crippen LogP contribution is -2.49. The van der Waals surface area contributed by atoms with Crippen molar-refractivity contribution in [3.63, 3.8) is 0 Å². The van der Waals surface area contributed by atoms with Gasteiger partial charge in [-0.05, 0) is 32.2 Å². The molecule has 4 N–H and O–H groups in total. The molecule has 0 saturated carbocycles. The number of amides is 1. The van der Waals surface area contributed by atoms with Gasteiger partial charge in [0.2, 0.25) is 0 Å². The summed E-state index contributed by atoms with van der Waals surface area (Å²) in [5.74, 6) is 0.524. The molecule has 22 heavy (non-hydrogen) atoms. The molecule has 1 amide bonds. The maximum Gasteiger partial charge on any atom is 0.258 e. The number of rotatable bonds is 4. The van der Waals surface area contributed by atoms with E-state index in [1.807, 2.05) is 14.0 Å². The summed E-state index contributed by atoms with van der Waals surface area (Å²) in [5.41, 5.74) is 6.79. The molecule has 0 spiro atoms. The fraction of sp³-hybridized carbons (Fsp3) is 0.562. The number of benzene rings is 1. The van der Waals surface area contributed by atoms with E-state index in [1.54, 1.807) is 23.1 Å². The number of nitrogens with zero attached hydrogens (tertiary/aromatic N) is 1. The molecule has 1 aromatic rings. The fourth-order valence-corrected chi connectivity index (χ4v) is 2.68. The standard InChI is InChI=1S/C16H25N3O3/c1-10-8-19(11(2)9-20)16(21)13-6-12(17)4-5-14(13)22-15(10)7-18-3/h4-6,10-11,15,18,20H,7-9,17H2,1-3H3/t10-,11-,15+/m1/s1. The summed E-state index contributed by atoms with van der Waals surface area (Å²) in [6.07, 6.45) is -0.0612. The summed E-state index contributed by atoms with van der Waals surface area (Å²) in [4.78, 5) is 14.5. The third kappa shape index (κ3) is 3.34. The van der Waals surface area contributed by atoms with E-state index in [-0.39, 0.29) is 30.6 Å². The largest absolute Gasteiger partial charge is 0.488 e. The summed E-state index contributed by atoms with van der Waals surface area (Å²) in [7, 11) is 1.87. The van der Waals surface area contributed by atoms with Crippen molar-refractivity contribution < 1.29 is 14.6 Å². The average Bonchev–Trinajstić information content (AvgIpc) is 2.51.